The number of ether oxygens (including phenoxy) is 4. The standard InChI is InChI=1S/C24H38O6Si/c1-10-11-17-19-20(21(25)29-18-15-13-12-14-16-18)24(28-7,23(19,26-5)27-6)30-31(8,9)22(2,3)4/h12-16H,10-11,17H2,1-9H3. The van der Waals surface area contributed by atoms with Crippen molar-refractivity contribution in [3.05, 3.63) is 41.5 Å². The van der Waals surface area contributed by atoms with Gasteiger partial charge in [-0.3, -0.25) is 0 Å². The molecule has 0 aromatic heterocycles. The number of rotatable bonds is 10. The number of unbranched alkanes of at least 4 members (excludes halogenated alkanes) is 1. The van der Waals surface area contributed by atoms with Gasteiger partial charge >= 0.3 is 5.97 Å². The van der Waals surface area contributed by atoms with Gasteiger partial charge in [0.05, 0.1) is 0 Å². The lowest BCUT2D eigenvalue weighted by Crippen LogP contribution is -2.73. The largest absolute Gasteiger partial charge is 0.423 e. The first-order chi connectivity index (χ1) is 14.5. The molecule has 1 atom stereocenters. The second-order valence-corrected chi connectivity index (χ2v) is 14.1. The summed E-state index contributed by atoms with van der Waals surface area (Å²) in [5.41, 5.74) is 1.04. The number of hydrogen-bond acceptors (Lipinski definition) is 6. The first-order valence-electron chi connectivity index (χ1n) is 10.8. The summed E-state index contributed by atoms with van der Waals surface area (Å²) in [4.78, 5) is 13.5. The van der Waals surface area contributed by atoms with Gasteiger partial charge in [0, 0.05) is 26.9 Å². The molecule has 174 valence electrons. The van der Waals surface area contributed by atoms with E-state index in [-0.39, 0.29) is 5.04 Å². The fourth-order valence-electron chi connectivity index (χ4n) is 3.72. The van der Waals surface area contributed by atoms with Crippen LogP contribution in [0.15, 0.2) is 41.5 Å². The number of carbonyl (C=O) groups is 1. The van der Waals surface area contributed by atoms with Crippen LogP contribution in [-0.2, 0) is 23.4 Å². The molecular formula is C24H38O6Si. The first-order valence-corrected chi connectivity index (χ1v) is 13.7. The van der Waals surface area contributed by atoms with E-state index in [1.165, 1.54) is 7.11 Å². The van der Waals surface area contributed by atoms with E-state index in [4.69, 9.17) is 23.4 Å². The lowest BCUT2D eigenvalue weighted by molar-refractivity contribution is -0.360. The van der Waals surface area contributed by atoms with Crippen LogP contribution in [0.3, 0.4) is 0 Å². The van der Waals surface area contributed by atoms with Crippen molar-refractivity contribution in [2.24, 2.45) is 0 Å². The van der Waals surface area contributed by atoms with Crippen LogP contribution in [0.4, 0.5) is 0 Å². The molecule has 0 saturated carbocycles. The van der Waals surface area contributed by atoms with Gasteiger partial charge in [-0.25, -0.2) is 4.79 Å². The molecule has 0 aliphatic heterocycles. The summed E-state index contributed by atoms with van der Waals surface area (Å²) >= 11 is 0. The van der Waals surface area contributed by atoms with Crippen molar-refractivity contribution in [1.82, 2.24) is 0 Å². The molecule has 1 aliphatic rings. The lowest BCUT2D eigenvalue weighted by atomic mass is 9.72. The van der Waals surface area contributed by atoms with Gasteiger partial charge in [-0.1, -0.05) is 52.3 Å². The molecule has 0 spiro atoms. The fraction of sp³-hybridized carbons (Fsp3) is 0.625. The van der Waals surface area contributed by atoms with Gasteiger partial charge in [0.1, 0.15) is 11.3 Å². The second-order valence-electron chi connectivity index (χ2n) is 9.37. The third-order valence-electron chi connectivity index (χ3n) is 6.47. The van der Waals surface area contributed by atoms with Crippen molar-refractivity contribution in [2.75, 3.05) is 21.3 Å². The van der Waals surface area contributed by atoms with Crippen LogP contribution >= 0.6 is 0 Å². The molecule has 1 aromatic carbocycles. The molecule has 0 saturated heterocycles. The Morgan fingerprint density at radius 1 is 0.968 bits per heavy atom. The number of carbonyl (C=O) groups excluding carboxylic acids is 1. The van der Waals surface area contributed by atoms with E-state index in [0.29, 0.717) is 23.3 Å². The highest BCUT2D eigenvalue weighted by Crippen LogP contribution is 2.58. The van der Waals surface area contributed by atoms with E-state index in [2.05, 4.69) is 40.8 Å². The Morgan fingerprint density at radius 3 is 1.97 bits per heavy atom. The molecular weight excluding hydrogens is 412 g/mol. The topological polar surface area (TPSA) is 63.2 Å². The van der Waals surface area contributed by atoms with Crippen LogP contribution in [0, 0.1) is 0 Å². The molecule has 0 fully saturated rings. The zero-order valence-corrected chi connectivity index (χ0v) is 21.5. The highest BCUT2D eigenvalue weighted by Gasteiger charge is 2.73. The van der Waals surface area contributed by atoms with E-state index in [0.717, 1.165) is 12.8 Å². The second kappa shape index (κ2) is 9.54. The lowest BCUT2D eigenvalue weighted by Gasteiger charge is -2.59. The molecule has 6 nitrogen and oxygen atoms in total. The maximum absolute atomic E-state index is 13.5. The molecule has 2 rings (SSSR count). The number of methoxy groups -OCH3 is 3. The van der Waals surface area contributed by atoms with Gasteiger partial charge < -0.3 is 23.4 Å². The van der Waals surface area contributed by atoms with E-state index >= 15 is 0 Å². The number of esters is 1. The van der Waals surface area contributed by atoms with Gasteiger partial charge in [0.2, 0.25) is 0 Å². The van der Waals surface area contributed by atoms with E-state index in [9.17, 15) is 4.79 Å². The molecule has 0 radical (unpaired) electrons. The van der Waals surface area contributed by atoms with Crippen molar-refractivity contribution >= 4 is 14.3 Å². The Kier molecular flexibility index (Phi) is 7.93. The fourth-order valence-corrected chi connectivity index (χ4v) is 5.06. The van der Waals surface area contributed by atoms with Gasteiger partial charge in [-0.2, -0.15) is 0 Å². The smallest absolute Gasteiger partial charge is 0.345 e. The minimum atomic E-state index is -2.42. The Labute approximate surface area is 188 Å². The van der Waals surface area contributed by atoms with Gasteiger partial charge in [0.25, 0.3) is 11.6 Å². The van der Waals surface area contributed by atoms with E-state index in [1.54, 1.807) is 26.4 Å². The average molecular weight is 451 g/mol. The highest BCUT2D eigenvalue weighted by atomic mass is 28.4. The van der Waals surface area contributed by atoms with Crippen molar-refractivity contribution in [1.29, 1.82) is 0 Å². The maximum Gasteiger partial charge on any atom is 0.345 e. The quantitative estimate of drug-likeness (QED) is 0.205. The Balaban J connectivity index is 2.65. The third-order valence-corrected chi connectivity index (χ3v) is 10.9. The van der Waals surface area contributed by atoms with Crippen LogP contribution < -0.4 is 4.74 Å². The van der Waals surface area contributed by atoms with Gasteiger partial charge in [-0.15, -0.1) is 0 Å². The summed E-state index contributed by atoms with van der Waals surface area (Å²) in [6.45, 7) is 12.7. The molecule has 1 unspecified atom stereocenters. The Morgan fingerprint density at radius 2 is 1.52 bits per heavy atom. The van der Waals surface area contributed by atoms with Gasteiger partial charge in [0.15, 0.2) is 8.32 Å². The number of para-hydroxylation sites is 1. The van der Waals surface area contributed by atoms with Gasteiger partial charge in [-0.05, 0) is 43.1 Å². The van der Waals surface area contributed by atoms with Crippen LogP contribution in [0.2, 0.25) is 18.1 Å². The molecule has 0 bridgehead atoms. The monoisotopic (exact) mass is 450 g/mol. The van der Waals surface area contributed by atoms with Crippen LogP contribution in [0.1, 0.15) is 47.0 Å². The Hall–Kier alpha value is -1.51. The minimum Gasteiger partial charge on any atom is -0.423 e. The molecule has 0 heterocycles. The van der Waals surface area contributed by atoms with E-state index < -0.39 is 25.9 Å². The predicted octanol–water partition coefficient (Wildman–Crippen LogP) is 5.45. The van der Waals surface area contributed by atoms with Crippen LogP contribution in [-0.4, -0.2) is 47.2 Å². The van der Waals surface area contributed by atoms with Crippen molar-refractivity contribution in [3.63, 3.8) is 0 Å². The first kappa shape index (κ1) is 25.7. The predicted molar refractivity (Wildman–Crippen MR) is 123 cm³/mol. The maximum atomic E-state index is 13.5. The normalized spacial score (nSPS) is 21.1. The zero-order valence-electron chi connectivity index (χ0n) is 20.5. The van der Waals surface area contributed by atoms with Crippen molar-refractivity contribution in [2.45, 2.75) is 76.7 Å². The highest BCUT2D eigenvalue weighted by molar-refractivity contribution is 6.74. The van der Waals surface area contributed by atoms with Crippen molar-refractivity contribution in [3.8, 4) is 5.75 Å². The minimum absolute atomic E-state index is 0.126. The van der Waals surface area contributed by atoms with Crippen LogP contribution in [0.5, 0.6) is 5.75 Å². The molecule has 0 N–H and O–H groups in total. The summed E-state index contributed by atoms with van der Waals surface area (Å²) in [6, 6.07) is 8.99. The molecule has 1 aliphatic carbocycles. The van der Waals surface area contributed by atoms with Crippen molar-refractivity contribution < 1.29 is 28.2 Å². The SMILES string of the molecule is CCCCC1=C(C(=O)Oc2ccccc2)C(OC)(O[Si](C)(C)C(C)(C)C)C1(OC)OC. The summed E-state index contributed by atoms with van der Waals surface area (Å²) in [5, 5.41) is -0.126. The zero-order chi connectivity index (χ0) is 23.5. The van der Waals surface area contributed by atoms with E-state index in [1.807, 2.05) is 18.2 Å². The number of hydrogen-bond donors (Lipinski definition) is 0. The summed E-state index contributed by atoms with van der Waals surface area (Å²) in [7, 11) is 2.21. The molecule has 31 heavy (non-hydrogen) atoms. The molecule has 7 heteroatoms. The van der Waals surface area contributed by atoms with Crippen LogP contribution in [0.25, 0.3) is 0 Å². The summed E-state index contributed by atoms with van der Waals surface area (Å²) < 4.78 is 30.3. The summed E-state index contributed by atoms with van der Waals surface area (Å²) in [6.07, 6.45) is 2.44. The molecule has 0 amide bonds. The summed E-state index contributed by atoms with van der Waals surface area (Å²) in [5.74, 6) is -2.89. The third kappa shape index (κ3) is 4.39. The Bertz CT molecular complexity index is 792. The number of benzene rings is 1. The average Bonchev–Trinajstić information content (AvgIpc) is 2.70. The molecule has 1 aromatic rings.